The molecule has 1 saturated heterocycles. The maximum Gasteiger partial charge on any atom is 0.361 e. The van der Waals surface area contributed by atoms with Gasteiger partial charge in [0.25, 0.3) is 11.6 Å². The number of dihydropyridines is 1. The van der Waals surface area contributed by atoms with Crippen LogP contribution >= 0.6 is 0 Å². The molecule has 0 aromatic heterocycles. The smallest absolute Gasteiger partial charge is 0.361 e. The van der Waals surface area contributed by atoms with Gasteiger partial charge in [0.2, 0.25) is 0 Å². The Hall–Kier alpha value is -5.29. The molecule has 47 heavy (non-hydrogen) atoms. The van der Waals surface area contributed by atoms with Crippen molar-refractivity contribution in [3.05, 3.63) is 134 Å². The second-order valence-electron chi connectivity index (χ2n) is 11.8. The average Bonchev–Trinajstić information content (AvgIpc) is 3.10. The van der Waals surface area contributed by atoms with Crippen LogP contribution in [0.4, 0.5) is 5.69 Å². The lowest BCUT2D eigenvalue weighted by Gasteiger charge is -2.43. The number of amides is 1. The second-order valence-corrected chi connectivity index (χ2v) is 11.8. The number of nitro benzene ring substituents is 1. The summed E-state index contributed by atoms with van der Waals surface area (Å²) in [5, 5.41) is 14.2. The molecule has 3 aromatic carbocycles. The number of likely N-dealkylation sites (tertiary alicyclic amines) is 1. The zero-order valence-corrected chi connectivity index (χ0v) is 26.7. The lowest BCUT2D eigenvalue weighted by Crippen LogP contribution is -2.44. The fourth-order valence-corrected chi connectivity index (χ4v) is 6.65. The number of hydroxylamine groups is 1. The molecule has 1 fully saturated rings. The Labute approximate surface area is 273 Å². The van der Waals surface area contributed by atoms with Crippen molar-refractivity contribution in [2.45, 2.75) is 44.4 Å². The van der Waals surface area contributed by atoms with Crippen molar-refractivity contribution in [3.63, 3.8) is 0 Å². The number of benzene rings is 3. The number of piperidine rings is 1. The van der Waals surface area contributed by atoms with Crippen LogP contribution in [0.3, 0.4) is 0 Å². The molecule has 244 valence electrons. The topological polar surface area (TPSA) is 140 Å². The number of hydrogen-bond donors (Lipinski definition) is 2. The molecule has 0 bridgehead atoms. The first-order valence-electron chi connectivity index (χ1n) is 15.5. The van der Waals surface area contributed by atoms with Crippen LogP contribution in [-0.4, -0.2) is 54.4 Å². The van der Waals surface area contributed by atoms with Crippen molar-refractivity contribution in [2.24, 2.45) is 0 Å². The van der Waals surface area contributed by atoms with E-state index in [1.54, 1.807) is 13.8 Å². The van der Waals surface area contributed by atoms with E-state index in [4.69, 9.17) is 9.57 Å². The van der Waals surface area contributed by atoms with E-state index in [0.717, 1.165) is 25.9 Å². The number of non-ortho nitro benzene ring substituents is 1. The molecule has 0 spiro atoms. The van der Waals surface area contributed by atoms with Crippen molar-refractivity contribution < 1.29 is 28.9 Å². The van der Waals surface area contributed by atoms with Gasteiger partial charge in [0.15, 0.2) is 0 Å². The molecule has 2 N–H and O–H groups in total. The Morgan fingerprint density at radius 3 is 1.91 bits per heavy atom. The van der Waals surface area contributed by atoms with Gasteiger partial charge in [0.05, 0.1) is 29.1 Å². The van der Waals surface area contributed by atoms with Crippen LogP contribution in [0.2, 0.25) is 0 Å². The number of carbonyl (C=O) groups excluding carboxylic acids is 3. The Balaban J connectivity index is 1.22. The van der Waals surface area contributed by atoms with Gasteiger partial charge in [0, 0.05) is 41.9 Å². The lowest BCUT2D eigenvalue weighted by molar-refractivity contribution is -0.384. The minimum absolute atomic E-state index is 0.0688. The highest BCUT2D eigenvalue weighted by atomic mass is 16.7. The number of nitrogens with one attached hydrogen (secondary N) is 2. The molecular weight excluding hydrogens is 600 g/mol. The zero-order valence-electron chi connectivity index (χ0n) is 26.7. The van der Waals surface area contributed by atoms with Gasteiger partial charge in [-0.25, -0.2) is 9.59 Å². The molecule has 11 heteroatoms. The largest absolute Gasteiger partial charge is 0.466 e. The first kappa shape index (κ1) is 33.1. The lowest BCUT2D eigenvalue weighted by atomic mass is 9.68. The molecule has 1 atom stereocenters. The van der Waals surface area contributed by atoms with E-state index in [-0.39, 0.29) is 28.7 Å². The van der Waals surface area contributed by atoms with Gasteiger partial charge >= 0.3 is 11.9 Å². The summed E-state index contributed by atoms with van der Waals surface area (Å²) in [5.41, 5.74) is 6.13. The minimum Gasteiger partial charge on any atom is -0.466 e. The van der Waals surface area contributed by atoms with Crippen LogP contribution in [0, 0.1) is 10.1 Å². The third-order valence-electron chi connectivity index (χ3n) is 9.10. The molecule has 11 nitrogen and oxygen atoms in total. The van der Waals surface area contributed by atoms with Crippen LogP contribution < -0.4 is 10.8 Å². The van der Waals surface area contributed by atoms with E-state index in [1.165, 1.54) is 42.5 Å². The Morgan fingerprint density at radius 2 is 1.40 bits per heavy atom. The summed E-state index contributed by atoms with van der Waals surface area (Å²) in [4.78, 5) is 57.3. The molecule has 0 saturated carbocycles. The molecule has 1 unspecified atom stereocenters. The number of nitrogens with zero attached hydrogens (tertiary/aromatic N) is 2. The minimum atomic E-state index is -0.947. The van der Waals surface area contributed by atoms with Crippen LogP contribution in [0.1, 0.15) is 55.7 Å². The molecule has 2 aliphatic rings. The fraction of sp³-hybridized carbons (Fsp3) is 0.306. The van der Waals surface area contributed by atoms with Gasteiger partial charge in [-0.2, -0.15) is 5.48 Å². The molecule has 0 aliphatic carbocycles. The summed E-state index contributed by atoms with van der Waals surface area (Å²) in [6.07, 6.45) is 1.92. The highest BCUT2D eigenvalue weighted by Gasteiger charge is 2.39. The zero-order chi connectivity index (χ0) is 33.6. The predicted octanol–water partition coefficient (Wildman–Crippen LogP) is 5.05. The van der Waals surface area contributed by atoms with E-state index < -0.39 is 28.7 Å². The number of ether oxygens (including phenoxy) is 1. The molecular formula is C36H38N4O7. The highest BCUT2D eigenvalue weighted by molar-refractivity contribution is 6.00. The van der Waals surface area contributed by atoms with E-state index in [0.29, 0.717) is 23.5 Å². The van der Waals surface area contributed by atoms with Crippen LogP contribution in [0.5, 0.6) is 0 Å². The molecule has 2 heterocycles. The van der Waals surface area contributed by atoms with Gasteiger partial charge in [-0.3, -0.25) is 14.9 Å². The number of carbonyl (C=O) groups is 3. The number of allylic oxidation sites excluding steroid dienone is 2. The van der Waals surface area contributed by atoms with E-state index in [9.17, 15) is 24.5 Å². The number of methoxy groups -OCH3 is 1. The van der Waals surface area contributed by atoms with Crippen molar-refractivity contribution in [1.29, 1.82) is 0 Å². The first-order chi connectivity index (χ1) is 22.6. The normalized spacial score (nSPS) is 17.8. The van der Waals surface area contributed by atoms with Crippen LogP contribution in [0.15, 0.2) is 107 Å². The molecule has 0 radical (unpaired) electrons. The highest BCUT2D eigenvalue weighted by Crippen LogP contribution is 2.42. The van der Waals surface area contributed by atoms with Crippen LogP contribution in [-0.2, 0) is 29.4 Å². The molecule has 3 aromatic rings. The standard InChI is InChI=1S/C36H38N4O7/c1-24-31(34(42)46-3)33(26-14-16-29(17-15-26)40(44)45)32(25(2)37-24)35(43)47-38-30(41)18-21-39-22-19-36(20-23-39,27-10-6-4-7-11-27)28-12-8-5-9-13-28/h4-17,33,37H,18-23H2,1-3H3,(H,38,41). The number of rotatable bonds is 9. The summed E-state index contributed by atoms with van der Waals surface area (Å²) in [6.45, 7) is 5.41. The van der Waals surface area contributed by atoms with E-state index in [2.05, 4.69) is 64.2 Å². The van der Waals surface area contributed by atoms with Crippen molar-refractivity contribution in [1.82, 2.24) is 15.7 Å². The van der Waals surface area contributed by atoms with Crippen molar-refractivity contribution >= 4 is 23.5 Å². The fourth-order valence-electron chi connectivity index (χ4n) is 6.65. The maximum atomic E-state index is 13.5. The van der Waals surface area contributed by atoms with Gasteiger partial charge in [-0.15, -0.1) is 0 Å². The summed E-state index contributed by atoms with van der Waals surface area (Å²) in [7, 11) is 1.23. The van der Waals surface area contributed by atoms with Gasteiger partial charge < -0.3 is 19.8 Å². The number of nitro groups is 1. The monoisotopic (exact) mass is 638 g/mol. The average molecular weight is 639 g/mol. The van der Waals surface area contributed by atoms with Gasteiger partial charge in [-0.1, -0.05) is 72.8 Å². The van der Waals surface area contributed by atoms with Crippen molar-refractivity contribution in [2.75, 3.05) is 26.7 Å². The number of hydrogen-bond acceptors (Lipinski definition) is 9. The first-order valence-corrected chi connectivity index (χ1v) is 15.5. The Kier molecular flexibility index (Phi) is 10.2. The molecule has 5 rings (SSSR count). The maximum absolute atomic E-state index is 13.5. The Morgan fingerprint density at radius 1 is 0.872 bits per heavy atom. The summed E-state index contributed by atoms with van der Waals surface area (Å²) >= 11 is 0. The van der Waals surface area contributed by atoms with Crippen molar-refractivity contribution in [3.8, 4) is 0 Å². The summed E-state index contributed by atoms with van der Waals surface area (Å²) in [5.74, 6) is -2.95. The second kappa shape index (κ2) is 14.4. The third-order valence-corrected chi connectivity index (χ3v) is 9.10. The third kappa shape index (κ3) is 7.10. The summed E-state index contributed by atoms with van der Waals surface area (Å²) in [6, 6.07) is 26.6. The van der Waals surface area contributed by atoms with Gasteiger partial charge in [0.1, 0.15) is 0 Å². The quantitative estimate of drug-likeness (QED) is 0.187. The summed E-state index contributed by atoms with van der Waals surface area (Å²) < 4.78 is 4.99. The predicted molar refractivity (Wildman–Crippen MR) is 175 cm³/mol. The molecule has 1 amide bonds. The number of esters is 1. The van der Waals surface area contributed by atoms with Crippen LogP contribution in [0.25, 0.3) is 0 Å². The van der Waals surface area contributed by atoms with E-state index in [1.807, 2.05) is 12.1 Å². The molecule has 2 aliphatic heterocycles. The van der Waals surface area contributed by atoms with E-state index >= 15 is 0 Å². The van der Waals surface area contributed by atoms with Gasteiger partial charge in [-0.05, 0) is 56.5 Å². The Bertz CT molecular complexity index is 1650. The SMILES string of the molecule is COC(=O)C1=C(C)NC(C)=C(C(=O)ONC(=O)CCN2CCC(c3ccccc3)(c3ccccc3)CC2)C1c1ccc([N+](=O)[O-])cc1.